The molecule has 2 aromatic rings. The molecule has 3 rings (SSSR count). The largest absolute Gasteiger partial charge is 0.470 e. The number of fused-ring (bicyclic) bond motifs is 1. The Hall–Kier alpha value is -2.16. The highest BCUT2D eigenvalue weighted by Crippen LogP contribution is 2.31. The van der Waals surface area contributed by atoms with Crippen LogP contribution in [-0.4, -0.2) is 61.0 Å². The second kappa shape index (κ2) is 7.38. The van der Waals surface area contributed by atoms with Crippen molar-refractivity contribution in [2.24, 2.45) is 5.73 Å². The number of rotatable bonds is 5. The van der Waals surface area contributed by atoms with E-state index in [1.807, 2.05) is 0 Å². The molecule has 1 unspecified atom stereocenters. The fourth-order valence-electron chi connectivity index (χ4n) is 2.71. The summed E-state index contributed by atoms with van der Waals surface area (Å²) in [4.78, 5) is 21.4. The van der Waals surface area contributed by atoms with E-state index in [1.165, 1.54) is 7.11 Å². The minimum absolute atomic E-state index is 0.149. The van der Waals surface area contributed by atoms with E-state index in [0.29, 0.717) is 36.1 Å². The summed E-state index contributed by atoms with van der Waals surface area (Å²) in [5.74, 6) is 0.432. The van der Waals surface area contributed by atoms with Crippen molar-refractivity contribution < 1.29 is 19.0 Å². The van der Waals surface area contributed by atoms with Gasteiger partial charge < -0.3 is 24.8 Å². The van der Waals surface area contributed by atoms with Crippen molar-refractivity contribution in [2.45, 2.75) is 12.1 Å². The van der Waals surface area contributed by atoms with Crippen molar-refractivity contribution >= 4 is 28.5 Å². The number of hydrogen-bond acceptors (Lipinski definition) is 7. The lowest BCUT2D eigenvalue weighted by atomic mass is 10.0. The van der Waals surface area contributed by atoms with Crippen LogP contribution in [0.15, 0.2) is 18.5 Å². The van der Waals surface area contributed by atoms with Gasteiger partial charge in [-0.3, -0.25) is 0 Å². The van der Waals surface area contributed by atoms with Gasteiger partial charge in [-0.2, -0.15) is 0 Å². The summed E-state index contributed by atoms with van der Waals surface area (Å²) >= 11 is 6.04. The van der Waals surface area contributed by atoms with Crippen LogP contribution in [0.3, 0.4) is 0 Å². The number of ether oxygens (including phenoxy) is 3. The molecular weight excluding hydrogens is 348 g/mol. The molecule has 1 atom stereocenters. The Morgan fingerprint density at radius 1 is 1.36 bits per heavy atom. The Bertz CT molecular complexity index is 782. The van der Waals surface area contributed by atoms with Crippen molar-refractivity contribution in [1.82, 2.24) is 14.9 Å². The van der Waals surface area contributed by atoms with Gasteiger partial charge in [-0.15, -0.1) is 0 Å². The third-order valence-corrected chi connectivity index (χ3v) is 4.24. The fraction of sp³-hybridized carbons (Fsp3) is 0.438. The third-order valence-electron chi connectivity index (χ3n) is 4.04. The lowest BCUT2D eigenvalue weighted by Crippen LogP contribution is -2.56. The van der Waals surface area contributed by atoms with Gasteiger partial charge in [-0.25, -0.2) is 14.8 Å². The summed E-state index contributed by atoms with van der Waals surface area (Å²) in [6, 6.07) is 1.39. The Labute approximate surface area is 149 Å². The highest BCUT2D eigenvalue weighted by Gasteiger charge is 2.33. The summed E-state index contributed by atoms with van der Waals surface area (Å²) in [5, 5.41) is 1.89. The molecular formula is C16H19ClN4O4. The predicted octanol–water partition coefficient (Wildman–Crippen LogP) is 1.76. The monoisotopic (exact) mass is 366 g/mol. The van der Waals surface area contributed by atoms with Crippen molar-refractivity contribution in [3.63, 3.8) is 0 Å². The molecule has 0 bridgehead atoms. The average molecular weight is 367 g/mol. The second-order valence-corrected chi connectivity index (χ2v) is 6.14. The van der Waals surface area contributed by atoms with Crippen LogP contribution in [-0.2, 0) is 9.47 Å². The first-order chi connectivity index (χ1) is 12.0. The van der Waals surface area contributed by atoms with E-state index < -0.39 is 0 Å². The summed E-state index contributed by atoms with van der Waals surface area (Å²) in [5.41, 5.74) is 6.95. The van der Waals surface area contributed by atoms with Gasteiger partial charge in [0.05, 0.1) is 38.2 Å². The lowest BCUT2D eigenvalue weighted by molar-refractivity contribution is 0.0169. The van der Waals surface area contributed by atoms with Gasteiger partial charge in [0.25, 0.3) is 0 Å². The van der Waals surface area contributed by atoms with Crippen LogP contribution in [0.1, 0.15) is 11.6 Å². The van der Waals surface area contributed by atoms with Gasteiger partial charge in [-0.05, 0) is 17.0 Å². The Morgan fingerprint density at radius 2 is 2.12 bits per heavy atom. The number of halogens is 1. The maximum atomic E-state index is 11.4. The molecule has 134 valence electrons. The molecule has 2 aromatic heterocycles. The van der Waals surface area contributed by atoms with Crippen LogP contribution < -0.4 is 10.5 Å². The molecule has 0 saturated carbocycles. The molecule has 0 aliphatic carbocycles. The fourth-order valence-corrected chi connectivity index (χ4v) is 2.87. The first-order valence-corrected chi connectivity index (χ1v) is 8.09. The van der Waals surface area contributed by atoms with Crippen molar-refractivity contribution in [1.29, 1.82) is 0 Å². The molecule has 0 radical (unpaired) electrons. The normalized spacial score (nSPS) is 15.8. The lowest BCUT2D eigenvalue weighted by Gasteiger charge is -2.37. The van der Waals surface area contributed by atoms with Gasteiger partial charge in [0.15, 0.2) is 0 Å². The van der Waals surface area contributed by atoms with Crippen LogP contribution in [0.2, 0.25) is 5.15 Å². The minimum atomic E-state index is -0.369. The summed E-state index contributed by atoms with van der Waals surface area (Å²) in [7, 11) is 2.94. The third kappa shape index (κ3) is 3.60. The molecule has 1 amide bonds. The van der Waals surface area contributed by atoms with Gasteiger partial charge in [0.2, 0.25) is 5.88 Å². The van der Waals surface area contributed by atoms with E-state index >= 15 is 0 Å². The quantitative estimate of drug-likeness (QED) is 0.804. The number of nitrogens with two attached hydrogens (primary N) is 1. The van der Waals surface area contributed by atoms with Crippen LogP contribution in [0, 0.1) is 0 Å². The average Bonchev–Trinajstić information content (AvgIpc) is 2.56. The van der Waals surface area contributed by atoms with Crippen LogP contribution in [0.4, 0.5) is 4.79 Å². The molecule has 8 nitrogen and oxygen atoms in total. The van der Waals surface area contributed by atoms with Crippen LogP contribution in [0.25, 0.3) is 10.8 Å². The number of hydrogen-bond donors (Lipinski definition) is 1. The first kappa shape index (κ1) is 17.7. The predicted molar refractivity (Wildman–Crippen MR) is 91.7 cm³/mol. The van der Waals surface area contributed by atoms with Gasteiger partial charge in [-0.1, -0.05) is 11.6 Å². The van der Waals surface area contributed by atoms with E-state index in [0.717, 1.165) is 10.9 Å². The molecule has 1 fully saturated rings. The summed E-state index contributed by atoms with van der Waals surface area (Å²) in [6.45, 7) is 1.25. The minimum Gasteiger partial charge on any atom is -0.470 e. The number of pyridine rings is 2. The van der Waals surface area contributed by atoms with E-state index in [9.17, 15) is 4.79 Å². The van der Waals surface area contributed by atoms with Crippen LogP contribution in [0.5, 0.6) is 5.88 Å². The van der Waals surface area contributed by atoms with E-state index in [2.05, 4.69) is 14.7 Å². The molecule has 25 heavy (non-hydrogen) atoms. The van der Waals surface area contributed by atoms with E-state index in [4.69, 9.17) is 26.8 Å². The molecule has 0 aromatic carbocycles. The van der Waals surface area contributed by atoms with Crippen molar-refractivity contribution in [2.75, 3.05) is 33.9 Å². The number of likely N-dealkylation sites (tertiary alicyclic amines) is 1. The SMILES string of the molecule is COCC(N)c1cnc(OC2CN(C(=O)OC)C2)c2cnc(Cl)cc12. The number of methoxy groups -OCH3 is 2. The second-order valence-electron chi connectivity index (χ2n) is 5.75. The highest BCUT2D eigenvalue weighted by molar-refractivity contribution is 6.30. The summed E-state index contributed by atoms with van der Waals surface area (Å²) < 4.78 is 15.7. The number of aromatic nitrogens is 2. The summed E-state index contributed by atoms with van der Waals surface area (Å²) in [6.07, 6.45) is 2.75. The van der Waals surface area contributed by atoms with Gasteiger partial charge in [0.1, 0.15) is 11.3 Å². The Kier molecular flexibility index (Phi) is 5.22. The zero-order valence-electron chi connectivity index (χ0n) is 13.9. The maximum absolute atomic E-state index is 11.4. The van der Waals surface area contributed by atoms with E-state index in [1.54, 1.807) is 30.5 Å². The molecule has 2 N–H and O–H groups in total. The topological polar surface area (TPSA) is 99.8 Å². The number of carbonyl (C=O) groups is 1. The van der Waals surface area contributed by atoms with E-state index in [-0.39, 0.29) is 18.2 Å². The number of carbonyl (C=O) groups excluding carboxylic acids is 1. The Morgan fingerprint density at radius 3 is 2.80 bits per heavy atom. The highest BCUT2D eigenvalue weighted by atomic mass is 35.5. The zero-order chi connectivity index (χ0) is 18.0. The molecule has 9 heteroatoms. The van der Waals surface area contributed by atoms with Crippen molar-refractivity contribution in [3.8, 4) is 5.88 Å². The zero-order valence-corrected chi connectivity index (χ0v) is 14.7. The van der Waals surface area contributed by atoms with Crippen LogP contribution >= 0.6 is 11.6 Å². The maximum Gasteiger partial charge on any atom is 0.409 e. The van der Waals surface area contributed by atoms with Crippen molar-refractivity contribution in [3.05, 3.63) is 29.2 Å². The molecule has 3 heterocycles. The standard InChI is InChI=1S/C16H19ClN4O4/c1-23-8-13(18)11-4-20-15(12-5-19-14(17)3-10(11)12)25-9-6-21(7-9)16(22)24-2/h3-5,9,13H,6-8,18H2,1-2H3. The Balaban J connectivity index is 1.85. The molecule has 0 spiro atoms. The smallest absolute Gasteiger partial charge is 0.409 e. The van der Waals surface area contributed by atoms with Gasteiger partial charge >= 0.3 is 6.09 Å². The molecule has 1 aliphatic rings. The number of nitrogens with zero attached hydrogens (tertiary/aromatic N) is 3. The first-order valence-electron chi connectivity index (χ1n) is 7.71. The van der Waals surface area contributed by atoms with Gasteiger partial charge in [0, 0.05) is 19.5 Å². The number of amides is 1. The molecule has 1 aliphatic heterocycles. The molecule has 1 saturated heterocycles.